The minimum absolute atomic E-state index is 0.0796. The molecule has 1 heterocycles. The number of fused-ring (bicyclic) bond motifs is 1. The van der Waals surface area contributed by atoms with Crippen molar-refractivity contribution in [3.8, 4) is 0 Å². The van der Waals surface area contributed by atoms with Crippen LogP contribution in [-0.4, -0.2) is 38.0 Å². The molecule has 112 valence electrons. The lowest BCUT2D eigenvalue weighted by atomic mass is 10.1. The third kappa shape index (κ3) is 2.81. The van der Waals surface area contributed by atoms with E-state index in [9.17, 15) is 8.42 Å². The first-order chi connectivity index (χ1) is 9.96. The number of morpholine rings is 1. The minimum Gasteiger partial charge on any atom is -0.373 e. The van der Waals surface area contributed by atoms with E-state index in [1.54, 1.807) is 12.1 Å². The highest BCUT2D eigenvalue weighted by atomic mass is 32.2. The Morgan fingerprint density at radius 1 is 1.00 bits per heavy atom. The SMILES string of the molecule is CC1CN(S(=O)(=O)c2ccc3ccccc3c2)CC(C)O1. The first-order valence-corrected chi connectivity index (χ1v) is 8.55. The highest BCUT2D eigenvalue weighted by Gasteiger charge is 2.32. The Morgan fingerprint density at radius 2 is 1.62 bits per heavy atom. The van der Waals surface area contributed by atoms with Gasteiger partial charge < -0.3 is 4.74 Å². The maximum Gasteiger partial charge on any atom is 0.243 e. The number of sulfonamides is 1. The zero-order valence-electron chi connectivity index (χ0n) is 12.2. The quantitative estimate of drug-likeness (QED) is 0.857. The van der Waals surface area contributed by atoms with Crippen LogP contribution in [0.5, 0.6) is 0 Å². The Bertz CT molecular complexity index is 747. The van der Waals surface area contributed by atoms with Gasteiger partial charge in [0.05, 0.1) is 17.1 Å². The zero-order chi connectivity index (χ0) is 15.0. The van der Waals surface area contributed by atoms with Gasteiger partial charge in [-0.25, -0.2) is 8.42 Å². The monoisotopic (exact) mass is 305 g/mol. The van der Waals surface area contributed by atoms with Gasteiger partial charge in [0.1, 0.15) is 0 Å². The van der Waals surface area contributed by atoms with Crippen LogP contribution in [0.3, 0.4) is 0 Å². The van der Waals surface area contributed by atoms with Gasteiger partial charge in [0, 0.05) is 13.1 Å². The number of hydrogen-bond acceptors (Lipinski definition) is 3. The van der Waals surface area contributed by atoms with Gasteiger partial charge in [0.15, 0.2) is 0 Å². The number of benzene rings is 2. The van der Waals surface area contributed by atoms with E-state index in [4.69, 9.17) is 4.74 Å². The van der Waals surface area contributed by atoms with Crippen molar-refractivity contribution in [3.63, 3.8) is 0 Å². The summed E-state index contributed by atoms with van der Waals surface area (Å²) in [6, 6.07) is 13.1. The Morgan fingerprint density at radius 3 is 2.29 bits per heavy atom. The summed E-state index contributed by atoms with van der Waals surface area (Å²) in [7, 11) is -3.47. The summed E-state index contributed by atoms with van der Waals surface area (Å²) in [5.74, 6) is 0. The number of rotatable bonds is 2. The van der Waals surface area contributed by atoms with E-state index in [0.717, 1.165) is 10.8 Å². The minimum atomic E-state index is -3.47. The van der Waals surface area contributed by atoms with E-state index in [1.807, 2.05) is 44.2 Å². The molecule has 1 aliphatic rings. The predicted octanol–water partition coefficient (Wildman–Crippen LogP) is 2.64. The van der Waals surface area contributed by atoms with Crippen LogP contribution in [0.15, 0.2) is 47.4 Å². The molecule has 3 rings (SSSR count). The smallest absolute Gasteiger partial charge is 0.243 e. The largest absolute Gasteiger partial charge is 0.373 e. The molecular formula is C16H19NO3S. The number of hydrogen-bond donors (Lipinski definition) is 0. The molecule has 0 amide bonds. The zero-order valence-corrected chi connectivity index (χ0v) is 13.0. The Kier molecular flexibility index (Phi) is 3.73. The molecule has 5 heteroatoms. The van der Waals surface area contributed by atoms with Crippen LogP contribution in [-0.2, 0) is 14.8 Å². The van der Waals surface area contributed by atoms with Crippen molar-refractivity contribution in [2.75, 3.05) is 13.1 Å². The lowest BCUT2D eigenvalue weighted by molar-refractivity contribution is -0.0440. The molecule has 1 fully saturated rings. The van der Waals surface area contributed by atoms with Crippen molar-refractivity contribution in [2.45, 2.75) is 31.0 Å². The second-order valence-corrected chi connectivity index (χ2v) is 7.53. The second kappa shape index (κ2) is 5.40. The van der Waals surface area contributed by atoms with Gasteiger partial charge in [-0.1, -0.05) is 30.3 Å². The van der Waals surface area contributed by atoms with Crippen LogP contribution >= 0.6 is 0 Å². The van der Waals surface area contributed by atoms with Gasteiger partial charge in [-0.05, 0) is 36.8 Å². The van der Waals surface area contributed by atoms with Crippen molar-refractivity contribution in [2.24, 2.45) is 0 Å². The molecule has 1 saturated heterocycles. The van der Waals surface area contributed by atoms with Gasteiger partial charge in [-0.15, -0.1) is 0 Å². The molecule has 0 bridgehead atoms. The van der Waals surface area contributed by atoms with Crippen molar-refractivity contribution in [1.29, 1.82) is 0 Å². The summed E-state index contributed by atoms with van der Waals surface area (Å²) < 4.78 is 32.7. The Hall–Kier alpha value is -1.43. The average molecular weight is 305 g/mol. The van der Waals surface area contributed by atoms with Crippen LogP contribution in [0.25, 0.3) is 10.8 Å². The normalized spacial score (nSPS) is 24.3. The maximum absolute atomic E-state index is 12.8. The molecule has 2 aromatic rings. The van der Waals surface area contributed by atoms with Crippen molar-refractivity contribution in [1.82, 2.24) is 4.31 Å². The molecular weight excluding hydrogens is 286 g/mol. The van der Waals surface area contributed by atoms with Gasteiger partial charge in [-0.2, -0.15) is 4.31 Å². The molecule has 2 aromatic carbocycles. The molecule has 0 aromatic heterocycles. The summed E-state index contributed by atoms with van der Waals surface area (Å²) in [6.45, 7) is 4.61. The van der Waals surface area contributed by atoms with E-state index in [1.165, 1.54) is 4.31 Å². The molecule has 2 atom stereocenters. The molecule has 0 aliphatic carbocycles. The number of nitrogens with zero attached hydrogens (tertiary/aromatic N) is 1. The summed E-state index contributed by atoms with van der Waals surface area (Å²) in [5, 5.41) is 1.98. The molecule has 0 N–H and O–H groups in total. The predicted molar refractivity (Wildman–Crippen MR) is 82.7 cm³/mol. The second-order valence-electron chi connectivity index (χ2n) is 5.59. The van der Waals surface area contributed by atoms with Gasteiger partial charge >= 0.3 is 0 Å². The van der Waals surface area contributed by atoms with Crippen LogP contribution in [0.1, 0.15) is 13.8 Å². The van der Waals surface area contributed by atoms with Crippen molar-refractivity contribution < 1.29 is 13.2 Å². The molecule has 2 unspecified atom stereocenters. The summed E-state index contributed by atoms with van der Waals surface area (Å²) >= 11 is 0. The third-order valence-electron chi connectivity index (χ3n) is 3.74. The Balaban J connectivity index is 1.99. The first-order valence-electron chi connectivity index (χ1n) is 7.11. The Labute approximate surface area is 125 Å². The summed E-state index contributed by atoms with van der Waals surface area (Å²) in [6.07, 6.45) is -0.159. The van der Waals surface area contributed by atoms with E-state index in [-0.39, 0.29) is 12.2 Å². The lowest BCUT2D eigenvalue weighted by Gasteiger charge is -2.34. The molecule has 21 heavy (non-hydrogen) atoms. The van der Waals surface area contributed by atoms with Gasteiger partial charge in [0.2, 0.25) is 10.0 Å². The average Bonchev–Trinajstić information content (AvgIpc) is 2.45. The summed E-state index contributed by atoms with van der Waals surface area (Å²) in [5.41, 5.74) is 0. The van der Waals surface area contributed by atoms with Crippen LogP contribution in [0, 0.1) is 0 Å². The fraction of sp³-hybridized carbons (Fsp3) is 0.375. The van der Waals surface area contributed by atoms with Gasteiger partial charge in [0.25, 0.3) is 0 Å². The molecule has 0 saturated carbocycles. The highest BCUT2D eigenvalue weighted by Crippen LogP contribution is 2.24. The fourth-order valence-corrected chi connectivity index (χ4v) is 4.43. The molecule has 1 aliphatic heterocycles. The summed E-state index contributed by atoms with van der Waals surface area (Å²) in [4.78, 5) is 0.350. The van der Waals surface area contributed by atoms with Gasteiger partial charge in [-0.3, -0.25) is 0 Å². The molecule has 4 nitrogen and oxygen atoms in total. The van der Waals surface area contributed by atoms with E-state index < -0.39 is 10.0 Å². The van der Waals surface area contributed by atoms with E-state index >= 15 is 0 Å². The van der Waals surface area contributed by atoms with Crippen LogP contribution < -0.4 is 0 Å². The van der Waals surface area contributed by atoms with Crippen LogP contribution in [0.4, 0.5) is 0 Å². The topological polar surface area (TPSA) is 46.6 Å². The third-order valence-corrected chi connectivity index (χ3v) is 5.57. The first kappa shape index (κ1) is 14.5. The van der Waals surface area contributed by atoms with E-state index in [0.29, 0.717) is 18.0 Å². The molecule has 0 radical (unpaired) electrons. The molecule has 0 spiro atoms. The van der Waals surface area contributed by atoms with Crippen molar-refractivity contribution >= 4 is 20.8 Å². The van der Waals surface area contributed by atoms with Crippen molar-refractivity contribution in [3.05, 3.63) is 42.5 Å². The van der Waals surface area contributed by atoms with Crippen LogP contribution in [0.2, 0.25) is 0 Å². The van der Waals surface area contributed by atoms with E-state index in [2.05, 4.69) is 0 Å². The number of ether oxygens (including phenoxy) is 1. The lowest BCUT2D eigenvalue weighted by Crippen LogP contribution is -2.48. The fourth-order valence-electron chi connectivity index (χ4n) is 2.80. The standard InChI is InChI=1S/C16H19NO3S/c1-12-10-17(11-13(2)20-12)21(18,19)16-8-7-14-5-3-4-6-15(14)9-16/h3-9,12-13H,10-11H2,1-2H3. The highest BCUT2D eigenvalue weighted by molar-refractivity contribution is 7.89. The maximum atomic E-state index is 12.8.